The Morgan fingerprint density at radius 3 is 2.71 bits per heavy atom. The smallest absolute Gasteiger partial charge is 0.234 e. The molecule has 0 saturated carbocycles. The van der Waals surface area contributed by atoms with Gasteiger partial charge in [0, 0.05) is 12.1 Å². The summed E-state index contributed by atoms with van der Waals surface area (Å²) in [5.74, 6) is 0.165. The Labute approximate surface area is 86.9 Å². The van der Waals surface area contributed by atoms with Gasteiger partial charge in [-0.25, -0.2) is 0 Å². The van der Waals surface area contributed by atoms with Crippen molar-refractivity contribution in [1.82, 2.24) is 10.2 Å². The fourth-order valence-electron chi connectivity index (χ4n) is 2.02. The zero-order chi connectivity index (χ0) is 10.6. The molecule has 0 bridgehead atoms. The molecule has 0 aromatic heterocycles. The molecule has 0 aromatic carbocycles. The maximum Gasteiger partial charge on any atom is 0.234 e. The van der Waals surface area contributed by atoms with Gasteiger partial charge in [0.05, 0.1) is 6.54 Å². The number of carbonyl (C=O) groups excluding carboxylic acids is 1. The van der Waals surface area contributed by atoms with Crippen LogP contribution in [0, 0.1) is 0 Å². The molecule has 0 unspecified atom stereocenters. The van der Waals surface area contributed by atoms with Crippen molar-refractivity contribution in [3.8, 4) is 0 Å². The molecule has 0 radical (unpaired) electrons. The topological polar surface area (TPSA) is 32.3 Å². The van der Waals surface area contributed by atoms with E-state index in [9.17, 15) is 4.79 Å². The van der Waals surface area contributed by atoms with Gasteiger partial charge in [0.2, 0.25) is 5.91 Å². The molecule has 0 aliphatic carbocycles. The fourth-order valence-corrected chi connectivity index (χ4v) is 2.02. The molecular weight excluding hydrogens is 176 g/mol. The Morgan fingerprint density at radius 2 is 2.14 bits per heavy atom. The minimum atomic E-state index is -0.0540. The summed E-state index contributed by atoms with van der Waals surface area (Å²) in [6.45, 7) is 8.97. The van der Waals surface area contributed by atoms with E-state index in [0.717, 1.165) is 13.1 Å². The third-order valence-corrected chi connectivity index (χ3v) is 2.54. The molecule has 1 N–H and O–H groups in total. The molecule has 0 atom stereocenters. The molecule has 1 amide bonds. The largest absolute Gasteiger partial charge is 0.349 e. The van der Waals surface area contributed by atoms with Crippen LogP contribution in [-0.2, 0) is 4.79 Å². The Hall–Kier alpha value is -0.570. The van der Waals surface area contributed by atoms with Crippen molar-refractivity contribution in [1.29, 1.82) is 0 Å². The number of rotatable bonds is 4. The summed E-state index contributed by atoms with van der Waals surface area (Å²) < 4.78 is 0. The lowest BCUT2D eigenvalue weighted by Crippen LogP contribution is -2.59. The van der Waals surface area contributed by atoms with Gasteiger partial charge in [0.15, 0.2) is 0 Å². The van der Waals surface area contributed by atoms with Gasteiger partial charge in [-0.15, -0.1) is 0 Å². The van der Waals surface area contributed by atoms with Gasteiger partial charge in [-0.05, 0) is 26.8 Å². The average molecular weight is 198 g/mol. The zero-order valence-electron chi connectivity index (χ0n) is 9.60. The third kappa shape index (κ3) is 3.66. The van der Waals surface area contributed by atoms with Gasteiger partial charge in [0.25, 0.3) is 0 Å². The van der Waals surface area contributed by atoms with Crippen LogP contribution in [-0.4, -0.2) is 36.0 Å². The summed E-state index contributed by atoms with van der Waals surface area (Å²) in [7, 11) is 0. The summed E-state index contributed by atoms with van der Waals surface area (Å²) in [5.41, 5.74) is -0.0540. The number of nitrogens with zero attached hydrogens (tertiary/aromatic N) is 1. The van der Waals surface area contributed by atoms with Crippen LogP contribution in [0.25, 0.3) is 0 Å². The van der Waals surface area contributed by atoms with Crippen LogP contribution in [0.1, 0.15) is 40.0 Å². The normalized spacial score (nSPS) is 22.1. The molecule has 0 spiro atoms. The van der Waals surface area contributed by atoms with E-state index in [0.29, 0.717) is 6.54 Å². The highest BCUT2D eigenvalue weighted by Gasteiger charge is 2.29. The highest BCUT2D eigenvalue weighted by molar-refractivity contribution is 5.79. The maximum absolute atomic E-state index is 11.4. The molecular formula is C11H22N2O. The second-order valence-electron chi connectivity index (χ2n) is 4.85. The van der Waals surface area contributed by atoms with Crippen molar-refractivity contribution in [2.75, 3.05) is 19.6 Å². The SMILES string of the molecule is CCCCCN1CC(=O)NC(C)(C)C1. The molecule has 1 fully saturated rings. The van der Waals surface area contributed by atoms with Gasteiger partial charge in [0.1, 0.15) is 0 Å². The van der Waals surface area contributed by atoms with E-state index in [2.05, 4.69) is 31.0 Å². The molecule has 1 saturated heterocycles. The van der Waals surface area contributed by atoms with Crippen LogP contribution in [0.2, 0.25) is 0 Å². The van der Waals surface area contributed by atoms with Crippen molar-refractivity contribution in [2.45, 2.75) is 45.6 Å². The van der Waals surface area contributed by atoms with Crippen LogP contribution in [0.4, 0.5) is 0 Å². The summed E-state index contributed by atoms with van der Waals surface area (Å²) in [4.78, 5) is 13.6. The van der Waals surface area contributed by atoms with Gasteiger partial charge in [-0.2, -0.15) is 0 Å². The summed E-state index contributed by atoms with van der Waals surface area (Å²) in [6, 6.07) is 0. The lowest BCUT2D eigenvalue weighted by molar-refractivity contribution is -0.127. The monoisotopic (exact) mass is 198 g/mol. The molecule has 3 nitrogen and oxygen atoms in total. The average Bonchev–Trinajstić information content (AvgIpc) is 2.00. The highest BCUT2D eigenvalue weighted by Crippen LogP contribution is 2.11. The minimum absolute atomic E-state index is 0.0540. The lowest BCUT2D eigenvalue weighted by Gasteiger charge is -2.38. The highest BCUT2D eigenvalue weighted by atomic mass is 16.2. The van der Waals surface area contributed by atoms with E-state index in [4.69, 9.17) is 0 Å². The van der Waals surface area contributed by atoms with Crippen LogP contribution in [0.5, 0.6) is 0 Å². The molecule has 14 heavy (non-hydrogen) atoms. The number of piperazine rings is 1. The first-order valence-electron chi connectivity index (χ1n) is 5.57. The van der Waals surface area contributed by atoms with Crippen molar-refractivity contribution in [3.05, 3.63) is 0 Å². The first kappa shape index (κ1) is 11.5. The number of hydrogen-bond donors (Lipinski definition) is 1. The predicted molar refractivity (Wildman–Crippen MR) is 58.2 cm³/mol. The molecule has 0 aromatic rings. The van der Waals surface area contributed by atoms with E-state index in [-0.39, 0.29) is 11.4 Å². The quantitative estimate of drug-likeness (QED) is 0.692. The molecule has 82 valence electrons. The number of nitrogens with one attached hydrogen (secondary N) is 1. The lowest BCUT2D eigenvalue weighted by atomic mass is 10.0. The first-order chi connectivity index (χ1) is 6.53. The van der Waals surface area contributed by atoms with Crippen molar-refractivity contribution < 1.29 is 4.79 Å². The fraction of sp³-hybridized carbons (Fsp3) is 0.909. The van der Waals surface area contributed by atoms with Crippen molar-refractivity contribution in [3.63, 3.8) is 0 Å². The Kier molecular flexibility index (Phi) is 3.93. The van der Waals surface area contributed by atoms with Gasteiger partial charge < -0.3 is 5.32 Å². The zero-order valence-corrected chi connectivity index (χ0v) is 9.60. The summed E-state index contributed by atoms with van der Waals surface area (Å²) >= 11 is 0. The first-order valence-corrected chi connectivity index (χ1v) is 5.57. The number of unbranched alkanes of at least 4 members (excludes halogenated alkanes) is 2. The Bertz CT molecular complexity index is 201. The molecule has 3 heteroatoms. The second-order valence-corrected chi connectivity index (χ2v) is 4.85. The number of carbonyl (C=O) groups is 1. The van der Waals surface area contributed by atoms with Gasteiger partial charge in [-0.3, -0.25) is 9.69 Å². The van der Waals surface area contributed by atoms with Crippen LogP contribution < -0.4 is 5.32 Å². The summed E-state index contributed by atoms with van der Waals surface area (Å²) in [6.07, 6.45) is 3.71. The third-order valence-electron chi connectivity index (χ3n) is 2.54. The van der Waals surface area contributed by atoms with E-state index in [1.54, 1.807) is 0 Å². The second kappa shape index (κ2) is 4.78. The summed E-state index contributed by atoms with van der Waals surface area (Å²) in [5, 5.41) is 3.00. The Morgan fingerprint density at radius 1 is 1.43 bits per heavy atom. The van der Waals surface area contributed by atoms with Crippen LogP contribution >= 0.6 is 0 Å². The minimum Gasteiger partial charge on any atom is -0.349 e. The van der Waals surface area contributed by atoms with Crippen molar-refractivity contribution in [2.24, 2.45) is 0 Å². The maximum atomic E-state index is 11.4. The predicted octanol–water partition coefficient (Wildman–Crippen LogP) is 1.39. The van der Waals surface area contributed by atoms with E-state index in [1.807, 2.05) is 0 Å². The van der Waals surface area contributed by atoms with Gasteiger partial charge in [-0.1, -0.05) is 19.8 Å². The molecule has 1 aliphatic rings. The van der Waals surface area contributed by atoms with E-state index >= 15 is 0 Å². The standard InChI is InChI=1S/C11H22N2O/c1-4-5-6-7-13-8-10(14)12-11(2,3)9-13/h4-9H2,1-3H3,(H,12,14). The number of amides is 1. The molecule has 1 heterocycles. The Balaban J connectivity index is 2.34. The number of hydrogen-bond acceptors (Lipinski definition) is 2. The molecule has 1 aliphatic heterocycles. The van der Waals surface area contributed by atoms with Crippen molar-refractivity contribution >= 4 is 5.91 Å². The van der Waals surface area contributed by atoms with Crippen LogP contribution in [0.15, 0.2) is 0 Å². The van der Waals surface area contributed by atoms with E-state index in [1.165, 1.54) is 19.3 Å². The van der Waals surface area contributed by atoms with Crippen LogP contribution in [0.3, 0.4) is 0 Å². The van der Waals surface area contributed by atoms with Gasteiger partial charge >= 0.3 is 0 Å². The molecule has 1 rings (SSSR count). The van der Waals surface area contributed by atoms with E-state index < -0.39 is 0 Å².